The van der Waals surface area contributed by atoms with Crippen LogP contribution in [0.3, 0.4) is 0 Å². The fourth-order valence-electron chi connectivity index (χ4n) is 6.79. The summed E-state index contributed by atoms with van der Waals surface area (Å²) < 4.78 is 12.4. The summed E-state index contributed by atoms with van der Waals surface area (Å²) >= 11 is 0. The number of anilines is 3. The SMILES string of the molecule is c1ccc2c(c1)-c1cccc3c(N(c4cc5oc6ccccc6c5cn4)c4ccc5oc6ccccc6c5n4)ccc-2c13. The van der Waals surface area contributed by atoms with Gasteiger partial charge in [0.05, 0.1) is 5.69 Å². The average Bonchev–Trinajstić information content (AvgIpc) is 3.72. The standard InChI is InChI=1S/C38H21N3O2/c1-2-9-23-22(8-1)25-12-7-13-27-30(17-16-26(23)37(25)27)41(35-19-18-33-38(40-35)28-11-4-6-15-32(28)42-33)36-20-34-29(21-39-36)24-10-3-5-14-31(24)43-34/h1-21H. The zero-order valence-corrected chi connectivity index (χ0v) is 22.8. The number of aromatic nitrogens is 2. The highest BCUT2D eigenvalue weighted by molar-refractivity contribution is 6.19. The molecule has 0 saturated carbocycles. The highest BCUT2D eigenvalue weighted by atomic mass is 16.3. The van der Waals surface area contributed by atoms with Crippen LogP contribution in [-0.4, -0.2) is 9.97 Å². The molecule has 5 nitrogen and oxygen atoms in total. The van der Waals surface area contributed by atoms with Gasteiger partial charge in [-0.1, -0.05) is 78.9 Å². The Bertz CT molecular complexity index is 2560. The van der Waals surface area contributed by atoms with Crippen LogP contribution in [-0.2, 0) is 0 Å². The van der Waals surface area contributed by atoms with E-state index in [1.54, 1.807) is 0 Å². The summed E-state index contributed by atoms with van der Waals surface area (Å²) in [6, 6.07) is 41.7. The van der Waals surface area contributed by atoms with Crippen LogP contribution in [0.2, 0.25) is 0 Å². The molecule has 9 aromatic rings. The summed E-state index contributed by atoms with van der Waals surface area (Å²) in [4.78, 5) is 12.4. The number of fused-ring (bicyclic) bond motifs is 9. The maximum absolute atomic E-state index is 6.31. The van der Waals surface area contributed by atoms with E-state index in [1.165, 1.54) is 27.6 Å². The fourth-order valence-corrected chi connectivity index (χ4v) is 6.79. The maximum Gasteiger partial charge on any atom is 0.154 e. The molecule has 1 aliphatic carbocycles. The van der Waals surface area contributed by atoms with Crippen molar-refractivity contribution < 1.29 is 8.83 Å². The molecule has 5 aromatic carbocycles. The highest BCUT2D eigenvalue weighted by Crippen LogP contribution is 2.51. The predicted molar refractivity (Wildman–Crippen MR) is 173 cm³/mol. The van der Waals surface area contributed by atoms with E-state index in [4.69, 9.17) is 18.8 Å². The lowest BCUT2D eigenvalue weighted by molar-refractivity contribution is 0.667. The molecule has 200 valence electrons. The number of hydrogen-bond donors (Lipinski definition) is 0. The van der Waals surface area contributed by atoms with E-state index in [0.717, 1.165) is 66.7 Å². The normalized spacial score (nSPS) is 12.2. The number of nitrogens with zero attached hydrogens (tertiary/aromatic N) is 3. The molecule has 0 spiro atoms. The average molecular weight is 552 g/mol. The monoisotopic (exact) mass is 551 g/mol. The number of pyridine rings is 2. The minimum atomic E-state index is 0.724. The molecule has 43 heavy (non-hydrogen) atoms. The third-order valence-electron chi connectivity index (χ3n) is 8.68. The van der Waals surface area contributed by atoms with Crippen molar-refractivity contribution in [1.29, 1.82) is 0 Å². The van der Waals surface area contributed by atoms with Gasteiger partial charge in [-0.3, -0.25) is 4.90 Å². The van der Waals surface area contributed by atoms with E-state index in [0.29, 0.717) is 0 Å². The van der Waals surface area contributed by atoms with Crippen LogP contribution in [0.5, 0.6) is 0 Å². The highest BCUT2D eigenvalue weighted by Gasteiger charge is 2.26. The number of hydrogen-bond acceptors (Lipinski definition) is 5. The van der Waals surface area contributed by atoms with E-state index in [9.17, 15) is 0 Å². The second-order valence-corrected chi connectivity index (χ2v) is 11.0. The van der Waals surface area contributed by atoms with Crippen molar-refractivity contribution >= 4 is 72.1 Å². The third kappa shape index (κ3) is 3.11. The van der Waals surface area contributed by atoms with Gasteiger partial charge in [-0.15, -0.1) is 0 Å². The van der Waals surface area contributed by atoms with Gasteiger partial charge in [0.25, 0.3) is 0 Å². The lowest BCUT2D eigenvalue weighted by atomic mass is 10.0. The van der Waals surface area contributed by atoms with Gasteiger partial charge in [-0.25, -0.2) is 9.97 Å². The lowest BCUT2D eigenvalue weighted by Crippen LogP contribution is -2.13. The van der Waals surface area contributed by atoms with Gasteiger partial charge in [0, 0.05) is 33.8 Å². The first-order chi connectivity index (χ1) is 21.3. The molecule has 4 aromatic heterocycles. The van der Waals surface area contributed by atoms with Crippen LogP contribution in [0.15, 0.2) is 136 Å². The third-order valence-corrected chi connectivity index (χ3v) is 8.68. The second kappa shape index (κ2) is 8.30. The van der Waals surface area contributed by atoms with E-state index in [-0.39, 0.29) is 0 Å². The molecule has 1 aliphatic rings. The summed E-state index contributed by atoms with van der Waals surface area (Å²) in [5.41, 5.74) is 10.0. The number of rotatable bonds is 3. The van der Waals surface area contributed by atoms with Gasteiger partial charge in [0.1, 0.15) is 33.9 Å². The van der Waals surface area contributed by atoms with E-state index >= 15 is 0 Å². The molecule has 0 radical (unpaired) electrons. The van der Waals surface area contributed by atoms with Crippen molar-refractivity contribution in [2.45, 2.75) is 0 Å². The molecule has 0 atom stereocenters. The molecule has 10 rings (SSSR count). The van der Waals surface area contributed by atoms with E-state index in [2.05, 4.69) is 71.6 Å². The van der Waals surface area contributed by atoms with Gasteiger partial charge >= 0.3 is 0 Å². The minimum absolute atomic E-state index is 0.724. The molecule has 0 fully saturated rings. The van der Waals surface area contributed by atoms with Gasteiger partial charge in [-0.2, -0.15) is 0 Å². The zero-order chi connectivity index (χ0) is 28.1. The van der Waals surface area contributed by atoms with Crippen molar-refractivity contribution in [3.63, 3.8) is 0 Å². The minimum Gasteiger partial charge on any atom is -0.456 e. The summed E-state index contributed by atoms with van der Waals surface area (Å²) in [7, 11) is 0. The molecule has 0 amide bonds. The molecule has 4 heterocycles. The predicted octanol–water partition coefficient (Wildman–Crippen LogP) is 10.5. The van der Waals surface area contributed by atoms with E-state index in [1.807, 2.05) is 60.8 Å². The fraction of sp³-hybridized carbons (Fsp3) is 0. The van der Waals surface area contributed by atoms with Gasteiger partial charge in [0.15, 0.2) is 5.58 Å². The molecule has 0 unspecified atom stereocenters. The summed E-state index contributed by atoms with van der Waals surface area (Å²) in [6.45, 7) is 0. The molecule has 5 heteroatoms. The number of benzene rings is 5. The van der Waals surface area contributed by atoms with E-state index < -0.39 is 0 Å². The maximum atomic E-state index is 6.31. The van der Waals surface area contributed by atoms with Crippen molar-refractivity contribution in [2.24, 2.45) is 0 Å². The summed E-state index contributed by atoms with van der Waals surface area (Å²) in [5, 5.41) is 5.40. The first kappa shape index (κ1) is 22.7. The molecule has 0 aliphatic heterocycles. The lowest BCUT2D eigenvalue weighted by Gasteiger charge is -2.25. The quantitative estimate of drug-likeness (QED) is 0.219. The van der Waals surface area contributed by atoms with Crippen LogP contribution >= 0.6 is 0 Å². The Balaban J connectivity index is 1.27. The van der Waals surface area contributed by atoms with Crippen LogP contribution in [0, 0.1) is 0 Å². The topological polar surface area (TPSA) is 55.3 Å². The van der Waals surface area contributed by atoms with Crippen molar-refractivity contribution in [2.75, 3.05) is 4.90 Å². The molecule has 0 N–H and O–H groups in total. The molecule has 0 saturated heterocycles. The van der Waals surface area contributed by atoms with Crippen LogP contribution < -0.4 is 4.90 Å². The number of furan rings is 2. The molecular formula is C38H21N3O2. The van der Waals surface area contributed by atoms with Crippen molar-refractivity contribution in [1.82, 2.24) is 9.97 Å². The Hall–Kier alpha value is -5.94. The van der Waals surface area contributed by atoms with Crippen molar-refractivity contribution in [3.8, 4) is 22.3 Å². The molecular weight excluding hydrogens is 530 g/mol. The van der Waals surface area contributed by atoms with Crippen molar-refractivity contribution in [3.05, 3.63) is 128 Å². The summed E-state index contributed by atoms with van der Waals surface area (Å²) in [5.74, 6) is 1.47. The first-order valence-electron chi connectivity index (χ1n) is 14.3. The largest absolute Gasteiger partial charge is 0.456 e. The zero-order valence-electron chi connectivity index (χ0n) is 22.8. The van der Waals surface area contributed by atoms with Crippen LogP contribution in [0.25, 0.3) is 77.0 Å². The Morgan fingerprint density at radius 1 is 0.465 bits per heavy atom. The van der Waals surface area contributed by atoms with Crippen LogP contribution in [0.4, 0.5) is 17.3 Å². The van der Waals surface area contributed by atoms with Gasteiger partial charge < -0.3 is 8.83 Å². The van der Waals surface area contributed by atoms with Gasteiger partial charge in [0.2, 0.25) is 0 Å². The summed E-state index contributed by atoms with van der Waals surface area (Å²) in [6.07, 6.45) is 1.91. The Morgan fingerprint density at radius 2 is 1.14 bits per heavy atom. The van der Waals surface area contributed by atoms with Crippen LogP contribution in [0.1, 0.15) is 0 Å². The Labute approximate surface area is 245 Å². The van der Waals surface area contributed by atoms with Gasteiger partial charge in [-0.05, 0) is 64.0 Å². The Kier molecular flexibility index (Phi) is 4.39. The number of para-hydroxylation sites is 2. The second-order valence-electron chi connectivity index (χ2n) is 11.0. The first-order valence-corrected chi connectivity index (χ1v) is 14.3. The molecule has 0 bridgehead atoms. The Morgan fingerprint density at radius 3 is 2.00 bits per heavy atom. The smallest absolute Gasteiger partial charge is 0.154 e.